The van der Waals surface area contributed by atoms with Gasteiger partial charge in [0.15, 0.2) is 22.6 Å². The smallest absolute Gasteiger partial charge is 0.256 e. The van der Waals surface area contributed by atoms with Gasteiger partial charge in [-0.2, -0.15) is 9.97 Å². The molecule has 0 saturated carbocycles. The summed E-state index contributed by atoms with van der Waals surface area (Å²) in [5, 5.41) is 21.5. The minimum Gasteiger partial charge on any atom is -0.377 e. The minimum absolute atomic E-state index is 0.0129. The standard InChI is InChI=1S/C46H50N16O4/c1-22-15-60(16-23(2)51-22)46-50-14-28-36(52-26-19-65-20-26)34(43(63)47-3)42-56-30-11-10-24(12-33(30)62(42)40(28)58-46)38-31(21-66-38)54-37-27-13-49-45(53-25-17-59(5)18-25)57-39(27)61-32-9-7-6-8-29(32)55-41(61)35(37)44(64)48-4/h6-14,22-23,25-26,31,38,51-52,54H,15-21H2,1-5H3,(H,47,63)(H,48,64)(H,49,53,57)/t22-,23+,31?,38?. The molecule has 20 nitrogen and oxygen atoms in total. The molecule has 2 unspecified atom stereocenters. The van der Waals surface area contributed by atoms with Crippen LogP contribution in [0.4, 0.5) is 23.3 Å². The monoisotopic (exact) mass is 890 g/mol. The van der Waals surface area contributed by atoms with Crippen LogP contribution in [0.2, 0.25) is 0 Å². The zero-order valence-electron chi connectivity index (χ0n) is 37.2. The van der Waals surface area contributed by atoms with Crippen molar-refractivity contribution in [2.24, 2.45) is 0 Å². The number of aromatic nitrogens is 8. The lowest BCUT2D eigenvalue weighted by molar-refractivity contribution is -0.0667. The number of piperazine rings is 1. The number of nitrogens with zero attached hydrogens (tertiary/aromatic N) is 10. The van der Waals surface area contributed by atoms with Crippen molar-refractivity contribution in [1.82, 2.24) is 59.6 Å². The third kappa shape index (κ3) is 6.49. The summed E-state index contributed by atoms with van der Waals surface area (Å²) in [4.78, 5) is 62.6. The van der Waals surface area contributed by atoms with Gasteiger partial charge in [0.2, 0.25) is 11.9 Å². The van der Waals surface area contributed by atoms with Crippen LogP contribution >= 0.6 is 0 Å². The second-order valence-corrected chi connectivity index (χ2v) is 18.1. The predicted molar refractivity (Wildman–Crippen MR) is 252 cm³/mol. The molecule has 10 heterocycles. The van der Waals surface area contributed by atoms with Crippen LogP contribution in [0.25, 0.3) is 55.4 Å². The molecule has 0 radical (unpaired) electrons. The Morgan fingerprint density at radius 3 is 2.00 bits per heavy atom. The van der Waals surface area contributed by atoms with E-state index in [2.05, 4.69) is 68.7 Å². The third-order valence-electron chi connectivity index (χ3n) is 13.3. The van der Waals surface area contributed by atoms with E-state index in [4.69, 9.17) is 39.4 Å². The molecule has 2 amide bonds. The van der Waals surface area contributed by atoms with Gasteiger partial charge in [0, 0.05) is 64.8 Å². The van der Waals surface area contributed by atoms with Crippen molar-refractivity contribution in [2.75, 3.05) is 88.0 Å². The number of rotatable bonds is 10. The van der Waals surface area contributed by atoms with E-state index in [1.807, 2.05) is 51.4 Å². The molecule has 338 valence electrons. The molecule has 2 aromatic carbocycles. The van der Waals surface area contributed by atoms with Gasteiger partial charge in [-0.25, -0.2) is 19.9 Å². The number of ether oxygens (including phenoxy) is 2. The topological polar surface area (TPSA) is 217 Å². The first kappa shape index (κ1) is 40.5. The molecule has 20 heteroatoms. The van der Waals surface area contributed by atoms with Gasteiger partial charge < -0.3 is 51.2 Å². The van der Waals surface area contributed by atoms with Crippen LogP contribution in [-0.2, 0) is 9.47 Å². The van der Waals surface area contributed by atoms with Crippen molar-refractivity contribution >= 4 is 90.5 Å². The number of amides is 2. The molecular formula is C46H50N16O4. The third-order valence-corrected chi connectivity index (χ3v) is 13.3. The number of para-hydroxylation sites is 2. The molecule has 4 aliphatic heterocycles. The van der Waals surface area contributed by atoms with Crippen molar-refractivity contribution in [3.8, 4) is 0 Å². The van der Waals surface area contributed by atoms with Crippen LogP contribution in [-0.4, -0.2) is 153 Å². The highest BCUT2D eigenvalue weighted by atomic mass is 16.5. The molecule has 4 saturated heterocycles. The van der Waals surface area contributed by atoms with Gasteiger partial charge in [0.1, 0.15) is 17.2 Å². The van der Waals surface area contributed by atoms with E-state index in [-0.39, 0.29) is 42.0 Å². The number of imidazole rings is 2. The molecule has 0 spiro atoms. The van der Waals surface area contributed by atoms with Crippen LogP contribution in [0.1, 0.15) is 46.2 Å². The zero-order valence-corrected chi connectivity index (χ0v) is 37.2. The lowest BCUT2D eigenvalue weighted by Gasteiger charge is -2.39. The SMILES string of the molecule is CNC(=O)c1c(NC2COC2)c2cnc(N3C[C@@H](C)N[C@@H](C)C3)nc2n2c1nc1ccc(C3OCC3Nc3c(C(=O)NC)c4nc5ccccc5n4c4nc(NC5CN(C)C5)ncc34)cc12. The van der Waals surface area contributed by atoms with Gasteiger partial charge in [0.05, 0.1) is 82.2 Å². The second-order valence-electron chi connectivity index (χ2n) is 18.1. The summed E-state index contributed by atoms with van der Waals surface area (Å²) >= 11 is 0. The lowest BCUT2D eigenvalue weighted by atomic mass is 9.96. The Morgan fingerprint density at radius 1 is 0.697 bits per heavy atom. The summed E-state index contributed by atoms with van der Waals surface area (Å²) in [6, 6.07) is 14.3. The molecule has 4 atom stereocenters. The number of benzene rings is 2. The maximum atomic E-state index is 14.0. The van der Waals surface area contributed by atoms with E-state index in [1.54, 1.807) is 20.3 Å². The van der Waals surface area contributed by atoms with Crippen molar-refractivity contribution in [2.45, 2.75) is 50.2 Å². The Morgan fingerprint density at radius 2 is 1.35 bits per heavy atom. The van der Waals surface area contributed by atoms with Crippen LogP contribution in [0.15, 0.2) is 54.9 Å². The van der Waals surface area contributed by atoms with Gasteiger partial charge in [-0.1, -0.05) is 18.2 Å². The number of hydrogen-bond donors (Lipinski definition) is 6. The number of likely N-dealkylation sites (N-methyl/N-ethyl adjacent to an activating group) is 1. The van der Waals surface area contributed by atoms with E-state index in [1.165, 1.54) is 0 Å². The number of fused-ring (bicyclic) bond motifs is 10. The van der Waals surface area contributed by atoms with E-state index in [0.717, 1.165) is 48.3 Å². The average molecular weight is 891 g/mol. The van der Waals surface area contributed by atoms with Crippen LogP contribution in [0, 0.1) is 0 Å². The molecule has 0 bridgehead atoms. The number of pyridine rings is 2. The number of anilines is 4. The largest absolute Gasteiger partial charge is 0.377 e. The van der Waals surface area contributed by atoms with Gasteiger partial charge in [-0.05, 0) is 50.7 Å². The fourth-order valence-corrected chi connectivity index (χ4v) is 10.1. The van der Waals surface area contributed by atoms with Crippen molar-refractivity contribution in [3.05, 3.63) is 71.5 Å². The molecule has 4 aliphatic rings. The summed E-state index contributed by atoms with van der Waals surface area (Å²) in [6.45, 7) is 8.98. The van der Waals surface area contributed by atoms with E-state index >= 15 is 0 Å². The number of nitrogens with one attached hydrogen (secondary N) is 6. The Hall–Kier alpha value is -7.00. The summed E-state index contributed by atoms with van der Waals surface area (Å²) in [7, 11) is 5.32. The Kier molecular flexibility index (Phi) is 9.56. The molecule has 0 aliphatic carbocycles. The van der Waals surface area contributed by atoms with Crippen LogP contribution in [0.5, 0.6) is 0 Å². The lowest BCUT2D eigenvalue weighted by Crippen LogP contribution is -2.54. The maximum absolute atomic E-state index is 14.0. The molecule has 12 rings (SSSR count). The fourth-order valence-electron chi connectivity index (χ4n) is 10.1. The van der Waals surface area contributed by atoms with E-state index in [0.29, 0.717) is 93.1 Å². The average Bonchev–Trinajstić information content (AvgIpc) is 3.86. The highest BCUT2D eigenvalue weighted by molar-refractivity contribution is 6.15. The summed E-state index contributed by atoms with van der Waals surface area (Å²) in [6.07, 6.45) is 3.16. The van der Waals surface area contributed by atoms with Crippen molar-refractivity contribution in [3.63, 3.8) is 0 Å². The first-order valence-corrected chi connectivity index (χ1v) is 22.5. The highest BCUT2D eigenvalue weighted by Crippen LogP contribution is 2.41. The minimum atomic E-state index is -0.432. The second kappa shape index (κ2) is 15.6. The predicted octanol–water partition coefficient (Wildman–Crippen LogP) is 3.17. The Labute approximate surface area is 377 Å². The molecule has 4 fully saturated rings. The summed E-state index contributed by atoms with van der Waals surface area (Å²) in [5.41, 5.74) is 8.02. The fraction of sp³-hybridized carbons (Fsp3) is 0.391. The normalized spacial score (nSPS) is 21.6. The van der Waals surface area contributed by atoms with E-state index in [9.17, 15) is 9.59 Å². The quantitative estimate of drug-likeness (QED) is 0.116. The molecule has 6 aromatic heterocycles. The number of hydrogen-bond acceptors (Lipinski definition) is 16. The Balaban J connectivity index is 0.991. The first-order chi connectivity index (χ1) is 32.1. The highest BCUT2D eigenvalue weighted by Gasteiger charge is 2.37. The van der Waals surface area contributed by atoms with E-state index < -0.39 is 6.10 Å². The molecule has 66 heavy (non-hydrogen) atoms. The van der Waals surface area contributed by atoms with Crippen LogP contribution < -0.4 is 36.8 Å². The molecule has 8 aromatic rings. The van der Waals surface area contributed by atoms with Gasteiger partial charge in [0.25, 0.3) is 11.8 Å². The first-order valence-electron chi connectivity index (χ1n) is 22.5. The number of likely N-dealkylation sites (tertiary alicyclic amines) is 1. The van der Waals surface area contributed by atoms with Gasteiger partial charge in [-0.15, -0.1) is 0 Å². The maximum Gasteiger partial charge on any atom is 0.256 e. The number of carbonyl (C=O) groups excluding carboxylic acids is 2. The van der Waals surface area contributed by atoms with Gasteiger partial charge in [-0.3, -0.25) is 18.4 Å². The zero-order chi connectivity index (χ0) is 45.0. The molecular weight excluding hydrogens is 841 g/mol. The van der Waals surface area contributed by atoms with Crippen LogP contribution in [0.3, 0.4) is 0 Å². The number of carbonyl (C=O) groups is 2. The Bertz CT molecular complexity index is 3280. The van der Waals surface area contributed by atoms with Crippen molar-refractivity contribution in [1.29, 1.82) is 0 Å². The molecule has 6 N–H and O–H groups in total. The summed E-state index contributed by atoms with van der Waals surface area (Å²) in [5.74, 6) is 0.519. The van der Waals surface area contributed by atoms with Crippen molar-refractivity contribution < 1.29 is 19.1 Å². The van der Waals surface area contributed by atoms with Gasteiger partial charge >= 0.3 is 0 Å². The summed E-state index contributed by atoms with van der Waals surface area (Å²) < 4.78 is 15.8.